The lowest BCUT2D eigenvalue weighted by Crippen LogP contribution is -2.11. The molecule has 36 heavy (non-hydrogen) atoms. The molecule has 0 saturated carbocycles. The summed E-state index contributed by atoms with van der Waals surface area (Å²) >= 11 is 0. The van der Waals surface area contributed by atoms with Crippen LogP contribution in [0.15, 0.2) is 72.8 Å². The molecule has 0 spiro atoms. The van der Waals surface area contributed by atoms with E-state index in [2.05, 4.69) is 19.2 Å². The van der Waals surface area contributed by atoms with Gasteiger partial charge in [0.25, 0.3) is 5.91 Å². The van der Waals surface area contributed by atoms with Crippen LogP contribution in [0.2, 0.25) is 0 Å². The summed E-state index contributed by atoms with van der Waals surface area (Å²) in [6, 6.07) is 22.9. The van der Waals surface area contributed by atoms with E-state index < -0.39 is 5.97 Å². The first kappa shape index (κ1) is 24.9. The number of hydrogen-bond acceptors (Lipinski definition) is 4. The number of carbonyl (C=O) groups excluding carboxylic acids is 2. The molecule has 3 aromatic carbocycles. The molecule has 0 aliphatic carbocycles. The van der Waals surface area contributed by atoms with Gasteiger partial charge >= 0.3 is 5.97 Å². The van der Waals surface area contributed by atoms with Crippen LogP contribution in [0.3, 0.4) is 0 Å². The monoisotopic (exact) mass is 481 g/mol. The van der Waals surface area contributed by atoms with Gasteiger partial charge in [0.15, 0.2) is 0 Å². The topological polar surface area (TPSA) is 73.2 Å². The Labute approximate surface area is 211 Å². The number of esters is 1. The predicted molar refractivity (Wildman–Crippen MR) is 143 cm³/mol. The van der Waals surface area contributed by atoms with Gasteiger partial charge in [0.2, 0.25) is 5.88 Å². The summed E-state index contributed by atoms with van der Waals surface area (Å²) in [5, 5.41) is 7.81. The number of amides is 1. The molecule has 1 amide bonds. The lowest BCUT2D eigenvalue weighted by molar-refractivity contribution is -0.132. The van der Waals surface area contributed by atoms with Crippen molar-refractivity contribution in [3.05, 3.63) is 95.2 Å². The Kier molecular flexibility index (Phi) is 7.34. The molecule has 4 aromatic rings. The lowest BCUT2D eigenvalue weighted by atomic mass is 9.99. The van der Waals surface area contributed by atoms with E-state index in [1.54, 1.807) is 4.68 Å². The molecule has 0 fully saturated rings. The second-order valence-electron chi connectivity index (χ2n) is 9.46. The van der Waals surface area contributed by atoms with E-state index in [1.165, 1.54) is 6.92 Å². The Balaban J connectivity index is 1.73. The molecular weight excluding hydrogens is 450 g/mol. The first-order valence-corrected chi connectivity index (χ1v) is 12.1. The molecule has 6 heteroatoms. The number of rotatable bonds is 7. The molecule has 1 heterocycles. The zero-order valence-corrected chi connectivity index (χ0v) is 21.3. The Hall–Kier alpha value is -4.19. The van der Waals surface area contributed by atoms with E-state index in [4.69, 9.17) is 9.84 Å². The molecule has 0 aliphatic rings. The van der Waals surface area contributed by atoms with Crippen LogP contribution in [-0.2, 0) is 11.2 Å². The van der Waals surface area contributed by atoms with Crippen molar-refractivity contribution in [1.82, 2.24) is 9.78 Å². The zero-order valence-electron chi connectivity index (χ0n) is 21.3. The molecule has 0 saturated heterocycles. The summed E-state index contributed by atoms with van der Waals surface area (Å²) in [7, 11) is 0. The van der Waals surface area contributed by atoms with Gasteiger partial charge in [0.05, 0.1) is 16.9 Å². The van der Waals surface area contributed by atoms with Crippen LogP contribution in [0.5, 0.6) is 5.88 Å². The van der Waals surface area contributed by atoms with Gasteiger partial charge in [0, 0.05) is 18.2 Å². The lowest BCUT2D eigenvalue weighted by Gasteiger charge is -2.11. The van der Waals surface area contributed by atoms with E-state index >= 15 is 0 Å². The highest BCUT2D eigenvalue weighted by Crippen LogP contribution is 2.37. The first-order valence-electron chi connectivity index (χ1n) is 12.1. The van der Waals surface area contributed by atoms with E-state index in [0.29, 0.717) is 29.5 Å². The molecule has 1 N–H and O–H groups in total. The SMILES string of the molecule is CC(=O)Oc1c(-c2ccc(NC(=O)c3ccc(C)cc3)cc2)c(CC(C)C)nn1-c1ccc(C)cc1. The van der Waals surface area contributed by atoms with Crippen molar-refractivity contribution in [3.63, 3.8) is 0 Å². The summed E-state index contributed by atoms with van der Waals surface area (Å²) in [5.74, 6) is 0.153. The van der Waals surface area contributed by atoms with E-state index in [-0.39, 0.29) is 5.91 Å². The molecule has 0 aliphatic heterocycles. The average Bonchev–Trinajstić information content (AvgIpc) is 3.16. The number of aryl methyl sites for hydroxylation is 2. The van der Waals surface area contributed by atoms with Crippen molar-refractivity contribution < 1.29 is 14.3 Å². The second-order valence-corrected chi connectivity index (χ2v) is 9.46. The minimum atomic E-state index is -0.414. The number of anilines is 1. The Morgan fingerprint density at radius 1 is 0.889 bits per heavy atom. The summed E-state index contributed by atoms with van der Waals surface area (Å²) in [5.41, 5.74) is 6.79. The van der Waals surface area contributed by atoms with Gasteiger partial charge in [-0.25, -0.2) is 0 Å². The fourth-order valence-electron chi connectivity index (χ4n) is 3.98. The summed E-state index contributed by atoms with van der Waals surface area (Å²) in [4.78, 5) is 24.7. The highest BCUT2D eigenvalue weighted by molar-refractivity contribution is 6.04. The Morgan fingerprint density at radius 3 is 2.03 bits per heavy atom. The van der Waals surface area contributed by atoms with Crippen LogP contribution >= 0.6 is 0 Å². The van der Waals surface area contributed by atoms with Gasteiger partial charge in [-0.05, 0) is 68.1 Å². The van der Waals surface area contributed by atoms with Crippen LogP contribution in [0.25, 0.3) is 16.8 Å². The molecular formula is C30H31N3O3. The standard InChI is InChI=1S/C30H31N3O3/c1-19(2)18-27-28(30(36-22(5)34)33(32-27)26-16-8-21(4)9-17-26)23-12-14-25(15-13-23)31-29(35)24-10-6-20(3)7-11-24/h6-17,19H,18H2,1-5H3,(H,31,35). The largest absolute Gasteiger partial charge is 0.407 e. The van der Waals surface area contributed by atoms with E-state index in [1.807, 2.05) is 86.6 Å². The Bertz CT molecular complexity index is 1370. The number of hydrogen-bond donors (Lipinski definition) is 1. The molecule has 6 nitrogen and oxygen atoms in total. The van der Waals surface area contributed by atoms with Crippen molar-refractivity contribution in [2.75, 3.05) is 5.32 Å². The van der Waals surface area contributed by atoms with Crippen molar-refractivity contribution in [1.29, 1.82) is 0 Å². The van der Waals surface area contributed by atoms with Crippen molar-refractivity contribution >= 4 is 17.6 Å². The molecule has 4 rings (SSSR count). The van der Waals surface area contributed by atoms with Crippen LogP contribution < -0.4 is 10.1 Å². The number of nitrogens with one attached hydrogen (secondary N) is 1. The van der Waals surface area contributed by atoms with Crippen molar-refractivity contribution in [2.45, 2.75) is 41.0 Å². The first-order chi connectivity index (χ1) is 17.2. The van der Waals surface area contributed by atoms with Gasteiger partial charge in [-0.3, -0.25) is 9.59 Å². The van der Waals surface area contributed by atoms with Gasteiger partial charge in [-0.1, -0.05) is 61.4 Å². The quantitative estimate of drug-likeness (QED) is 0.305. The van der Waals surface area contributed by atoms with Gasteiger partial charge < -0.3 is 10.1 Å². The van der Waals surface area contributed by atoms with Crippen LogP contribution in [0, 0.1) is 19.8 Å². The van der Waals surface area contributed by atoms with Crippen molar-refractivity contribution in [3.8, 4) is 22.7 Å². The normalized spacial score (nSPS) is 10.9. The molecule has 1 aromatic heterocycles. The third-order valence-electron chi connectivity index (χ3n) is 5.78. The van der Waals surface area contributed by atoms with Crippen LogP contribution in [-0.4, -0.2) is 21.7 Å². The van der Waals surface area contributed by atoms with Gasteiger partial charge in [-0.2, -0.15) is 9.78 Å². The molecule has 0 radical (unpaired) electrons. The van der Waals surface area contributed by atoms with E-state index in [9.17, 15) is 9.59 Å². The third kappa shape index (κ3) is 5.71. The maximum absolute atomic E-state index is 12.6. The zero-order chi connectivity index (χ0) is 25.8. The average molecular weight is 482 g/mol. The van der Waals surface area contributed by atoms with Crippen LogP contribution in [0.4, 0.5) is 5.69 Å². The Morgan fingerprint density at radius 2 is 1.47 bits per heavy atom. The molecule has 184 valence electrons. The third-order valence-corrected chi connectivity index (χ3v) is 5.78. The van der Waals surface area contributed by atoms with Crippen LogP contribution in [0.1, 0.15) is 48.0 Å². The molecule has 0 unspecified atom stereocenters. The number of aromatic nitrogens is 2. The minimum Gasteiger partial charge on any atom is -0.407 e. The van der Waals surface area contributed by atoms with Gasteiger partial charge in [0.1, 0.15) is 0 Å². The maximum Gasteiger partial charge on any atom is 0.309 e. The fraction of sp³-hybridized carbons (Fsp3) is 0.233. The highest BCUT2D eigenvalue weighted by Gasteiger charge is 2.24. The van der Waals surface area contributed by atoms with Gasteiger partial charge in [-0.15, -0.1) is 0 Å². The summed E-state index contributed by atoms with van der Waals surface area (Å²) in [6.45, 7) is 9.66. The summed E-state index contributed by atoms with van der Waals surface area (Å²) < 4.78 is 7.43. The number of ether oxygens (including phenoxy) is 1. The number of nitrogens with zero attached hydrogens (tertiary/aromatic N) is 2. The maximum atomic E-state index is 12.6. The summed E-state index contributed by atoms with van der Waals surface area (Å²) in [6.07, 6.45) is 0.717. The molecule has 0 bridgehead atoms. The fourth-order valence-corrected chi connectivity index (χ4v) is 3.98. The molecule has 0 atom stereocenters. The predicted octanol–water partition coefficient (Wildman–Crippen LogP) is 6.53. The minimum absolute atomic E-state index is 0.170. The van der Waals surface area contributed by atoms with E-state index in [0.717, 1.165) is 33.6 Å². The second kappa shape index (κ2) is 10.6. The number of carbonyl (C=O) groups is 2. The van der Waals surface area contributed by atoms with Crippen molar-refractivity contribution in [2.24, 2.45) is 5.92 Å². The highest BCUT2D eigenvalue weighted by atomic mass is 16.5. The number of benzene rings is 3. The smallest absolute Gasteiger partial charge is 0.309 e.